The average Bonchev–Trinajstić information content (AvgIpc) is 2.51. The summed E-state index contributed by atoms with van der Waals surface area (Å²) in [5.74, 6) is 1.46. The summed E-state index contributed by atoms with van der Waals surface area (Å²) in [6.07, 6.45) is -0.665. The van der Waals surface area contributed by atoms with Gasteiger partial charge in [-0.3, -0.25) is 0 Å². The van der Waals surface area contributed by atoms with Crippen LogP contribution in [0.15, 0.2) is 29.3 Å². The Morgan fingerprint density at radius 1 is 1.35 bits per heavy atom. The van der Waals surface area contributed by atoms with Gasteiger partial charge in [0.2, 0.25) is 0 Å². The molecule has 1 aromatic carbocycles. The molecule has 0 aliphatic carbocycles. The number of hydrogen-bond acceptors (Lipinski definition) is 2. The zero-order chi connectivity index (χ0) is 16.0. The molecule has 3 nitrogen and oxygen atoms in total. The minimum atomic E-state index is -4.33. The van der Waals surface area contributed by atoms with E-state index in [1.807, 2.05) is 11.8 Å². The number of nitrogens with two attached hydrogens (primary N) is 1. The van der Waals surface area contributed by atoms with Gasteiger partial charge in [-0.1, -0.05) is 18.6 Å². The molecule has 130 valence electrons. The molecule has 0 aromatic heterocycles. The molecule has 0 saturated carbocycles. The first-order valence-corrected chi connectivity index (χ1v) is 8.31. The quantitative estimate of drug-likeness (QED) is 0.407. The lowest BCUT2D eigenvalue weighted by Gasteiger charge is -2.21. The van der Waals surface area contributed by atoms with Crippen molar-refractivity contribution in [2.24, 2.45) is 10.7 Å². The zero-order valence-corrected chi connectivity index (χ0v) is 15.8. The maximum Gasteiger partial charge on any atom is 0.416 e. The maximum absolute atomic E-state index is 12.6. The van der Waals surface area contributed by atoms with Crippen LogP contribution in [-0.2, 0) is 12.7 Å². The summed E-state index contributed by atoms with van der Waals surface area (Å²) in [6, 6.07) is 5.15. The van der Waals surface area contributed by atoms with Gasteiger partial charge in [0.25, 0.3) is 0 Å². The summed E-state index contributed by atoms with van der Waals surface area (Å²) >= 11 is 1.93. The van der Waals surface area contributed by atoms with E-state index in [-0.39, 0.29) is 36.5 Å². The van der Waals surface area contributed by atoms with E-state index in [4.69, 9.17) is 5.73 Å². The first kappa shape index (κ1) is 20.4. The topological polar surface area (TPSA) is 50.4 Å². The van der Waals surface area contributed by atoms with Crippen molar-refractivity contribution in [2.75, 3.05) is 12.3 Å². The van der Waals surface area contributed by atoms with E-state index in [2.05, 4.69) is 10.3 Å². The van der Waals surface area contributed by atoms with Crippen LogP contribution in [0.1, 0.15) is 30.4 Å². The standard InChI is InChI=1S/C15H20F3N3S.HI/c16-15(17,18)12-5-3-4-11(8-12)9-20-14(19)21-10-13-6-1-2-7-22-13;/h3-5,8,13H,1-2,6-7,9-10H2,(H3,19,20,21);1H. The molecule has 0 amide bonds. The molecule has 1 saturated heterocycles. The Hall–Kier alpha value is -0.640. The number of alkyl halides is 3. The van der Waals surface area contributed by atoms with Crippen molar-refractivity contribution >= 4 is 41.7 Å². The summed E-state index contributed by atoms with van der Waals surface area (Å²) in [6.45, 7) is 0.892. The van der Waals surface area contributed by atoms with E-state index < -0.39 is 11.7 Å². The SMILES string of the molecule is I.NC(=NCc1cccc(C(F)(F)F)c1)NCC1CCCCS1. The van der Waals surface area contributed by atoms with Crippen LogP contribution in [0.5, 0.6) is 0 Å². The fraction of sp³-hybridized carbons (Fsp3) is 0.533. The van der Waals surface area contributed by atoms with Crippen LogP contribution in [0.4, 0.5) is 13.2 Å². The second kappa shape index (κ2) is 9.61. The first-order valence-electron chi connectivity index (χ1n) is 7.26. The third-order valence-electron chi connectivity index (χ3n) is 3.47. The first-order chi connectivity index (χ1) is 10.4. The predicted octanol–water partition coefficient (Wildman–Crippen LogP) is 4.01. The highest BCUT2D eigenvalue weighted by Gasteiger charge is 2.30. The third kappa shape index (κ3) is 7.19. The largest absolute Gasteiger partial charge is 0.416 e. The van der Waals surface area contributed by atoms with Gasteiger partial charge < -0.3 is 11.1 Å². The Labute approximate surface area is 155 Å². The van der Waals surface area contributed by atoms with Gasteiger partial charge in [-0.2, -0.15) is 24.9 Å². The number of halogens is 4. The molecule has 2 rings (SSSR count). The summed E-state index contributed by atoms with van der Waals surface area (Å²) in [7, 11) is 0. The minimum absolute atomic E-state index is 0. The summed E-state index contributed by atoms with van der Waals surface area (Å²) in [4.78, 5) is 4.11. The van der Waals surface area contributed by atoms with Crippen molar-refractivity contribution in [3.05, 3.63) is 35.4 Å². The molecule has 23 heavy (non-hydrogen) atoms. The van der Waals surface area contributed by atoms with Gasteiger partial charge in [0.15, 0.2) is 5.96 Å². The molecule has 0 bridgehead atoms. The molecule has 1 unspecified atom stereocenters. The van der Waals surface area contributed by atoms with Crippen molar-refractivity contribution in [1.29, 1.82) is 0 Å². The van der Waals surface area contributed by atoms with E-state index in [0.29, 0.717) is 10.8 Å². The lowest BCUT2D eigenvalue weighted by atomic mass is 10.1. The molecule has 1 aliphatic heterocycles. The Morgan fingerprint density at radius 3 is 2.78 bits per heavy atom. The highest BCUT2D eigenvalue weighted by Crippen LogP contribution is 2.29. The van der Waals surface area contributed by atoms with Crippen LogP contribution in [0.2, 0.25) is 0 Å². The van der Waals surface area contributed by atoms with Crippen LogP contribution in [0.3, 0.4) is 0 Å². The molecular weight excluding hydrogens is 438 g/mol. The normalized spacial score (nSPS) is 19.1. The van der Waals surface area contributed by atoms with Crippen molar-refractivity contribution < 1.29 is 13.2 Å². The van der Waals surface area contributed by atoms with Crippen molar-refractivity contribution in [3.8, 4) is 0 Å². The summed E-state index contributed by atoms with van der Waals surface area (Å²) in [5.41, 5.74) is 5.60. The molecule has 8 heteroatoms. The third-order valence-corrected chi connectivity index (χ3v) is 4.87. The number of thioether (sulfide) groups is 1. The van der Waals surface area contributed by atoms with E-state index in [1.165, 1.54) is 31.1 Å². The molecular formula is C15H21F3IN3S. The molecule has 1 fully saturated rings. The molecule has 1 atom stereocenters. The Morgan fingerprint density at radius 2 is 2.13 bits per heavy atom. The molecule has 0 spiro atoms. The highest BCUT2D eigenvalue weighted by atomic mass is 127. The Balaban J connectivity index is 0.00000264. The minimum Gasteiger partial charge on any atom is -0.370 e. The van der Waals surface area contributed by atoms with Crippen LogP contribution in [-0.4, -0.2) is 23.5 Å². The molecule has 1 aliphatic rings. The predicted molar refractivity (Wildman–Crippen MR) is 100 cm³/mol. The van der Waals surface area contributed by atoms with Gasteiger partial charge in [0.1, 0.15) is 0 Å². The number of hydrogen-bond donors (Lipinski definition) is 2. The van der Waals surface area contributed by atoms with Crippen LogP contribution in [0, 0.1) is 0 Å². The zero-order valence-electron chi connectivity index (χ0n) is 12.6. The van der Waals surface area contributed by atoms with Crippen LogP contribution < -0.4 is 11.1 Å². The summed E-state index contributed by atoms with van der Waals surface area (Å²) in [5, 5.41) is 3.59. The van der Waals surface area contributed by atoms with Crippen LogP contribution in [0.25, 0.3) is 0 Å². The van der Waals surface area contributed by atoms with Crippen LogP contribution >= 0.6 is 35.7 Å². The second-order valence-corrected chi connectivity index (χ2v) is 6.68. The van der Waals surface area contributed by atoms with Gasteiger partial charge in [0, 0.05) is 11.8 Å². The van der Waals surface area contributed by atoms with Gasteiger partial charge in [-0.05, 0) is 36.3 Å². The van der Waals surface area contributed by atoms with Crippen molar-refractivity contribution in [1.82, 2.24) is 5.32 Å². The molecule has 1 heterocycles. The number of aliphatic imine (C=N–C) groups is 1. The van der Waals surface area contributed by atoms with E-state index in [9.17, 15) is 13.2 Å². The Bertz CT molecular complexity index is 517. The lowest BCUT2D eigenvalue weighted by molar-refractivity contribution is -0.137. The lowest BCUT2D eigenvalue weighted by Crippen LogP contribution is -2.37. The number of rotatable bonds is 4. The van der Waals surface area contributed by atoms with Crippen molar-refractivity contribution in [2.45, 2.75) is 37.2 Å². The van der Waals surface area contributed by atoms with E-state index in [0.717, 1.165) is 18.7 Å². The smallest absolute Gasteiger partial charge is 0.370 e. The number of nitrogens with one attached hydrogen (secondary N) is 1. The van der Waals surface area contributed by atoms with E-state index >= 15 is 0 Å². The number of nitrogens with zero attached hydrogens (tertiary/aromatic N) is 1. The fourth-order valence-corrected chi connectivity index (χ4v) is 3.50. The Kier molecular flexibility index (Phi) is 8.52. The molecule has 1 aromatic rings. The van der Waals surface area contributed by atoms with Gasteiger partial charge >= 0.3 is 6.18 Å². The van der Waals surface area contributed by atoms with E-state index in [1.54, 1.807) is 6.07 Å². The van der Waals surface area contributed by atoms with Gasteiger partial charge in [-0.25, -0.2) is 4.99 Å². The fourth-order valence-electron chi connectivity index (χ4n) is 2.27. The highest BCUT2D eigenvalue weighted by molar-refractivity contribution is 14.0. The molecule has 0 radical (unpaired) electrons. The summed E-state index contributed by atoms with van der Waals surface area (Å²) < 4.78 is 37.9. The molecule has 3 N–H and O–H groups in total. The monoisotopic (exact) mass is 459 g/mol. The number of benzene rings is 1. The maximum atomic E-state index is 12.6. The second-order valence-electron chi connectivity index (χ2n) is 5.27. The van der Waals surface area contributed by atoms with Gasteiger partial charge in [-0.15, -0.1) is 24.0 Å². The van der Waals surface area contributed by atoms with Gasteiger partial charge in [0.05, 0.1) is 12.1 Å². The van der Waals surface area contributed by atoms with Crippen molar-refractivity contribution in [3.63, 3.8) is 0 Å². The average molecular weight is 459 g/mol. The number of guanidine groups is 1.